The maximum absolute atomic E-state index is 4.32. The van der Waals surface area contributed by atoms with Crippen molar-refractivity contribution in [2.75, 3.05) is 0 Å². The second kappa shape index (κ2) is 10.1. The van der Waals surface area contributed by atoms with Gasteiger partial charge in [-0.05, 0) is 177 Å². The molecular weight excluding hydrogens is 601 g/mol. The Hall–Kier alpha value is -3.38. The van der Waals surface area contributed by atoms with E-state index < -0.39 is 0 Å². The first kappa shape index (κ1) is 32.5. The molecule has 11 rings (SSSR count). The number of rotatable bonds is 8. The van der Waals surface area contributed by atoms with Crippen molar-refractivity contribution < 1.29 is 0 Å². The SMILES string of the molecule is C=Cc1ccc(C23CC4(C)CC(C)(CC(c5cccc(C67CC8(C)CC(C)(C6)CC(c6ccc(C=C)cc6C=C)(C8)C7)c5)(C4)C2)C3)c(C=C)c1. The van der Waals surface area contributed by atoms with Crippen LogP contribution < -0.4 is 0 Å². The van der Waals surface area contributed by atoms with Crippen molar-refractivity contribution in [1.29, 1.82) is 0 Å². The molecule has 50 heavy (non-hydrogen) atoms. The summed E-state index contributed by atoms with van der Waals surface area (Å²) in [6, 6.07) is 24.5. The van der Waals surface area contributed by atoms with Gasteiger partial charge in [0.25, 0.3) is 0 Å². The largest absolute Gasteiger partial charge is 0.0985 e. The molecule has 0 heterocycles. The minimum Gasteiger partial charge on any atom is -0.0985 e. The molecule has 3 aromatic carbocycles. The smallest absolute Gasteiger partial charge is 0.00222 e. The molecule has 3 aromatic rings. The topological polar surface area (TPSA) is 0 Å². The minimum atomic E-state index is 0.182. The van der Waals surface area contributed by atoms with Gasteiger partial charge >= 0.3 is 0 Å². The standard InChI is InChI=1S/C50H58/c1-9-35-16-18-41(37(11-3)20-35)49-29-43(5)23-44(6,30-49)26-47(25-43,33-49)39-14-13-15-40(22-39)48-27-45(7)24-46(8,28-48)32-50(31-45,34-48)42-19-17-36(10-2)21-38(42)12-4/h9-22H,1-4,23-34H2,5-8H3. The predicted octanol–water partition coefficient (Wildman–Crippen LogP) is 13.4. The molecule has 0 spiro atoms. The number of benzene rings is 3. The molecule has 0 aliphatic heterocycles. The van der Waals surface area contributed by atoms with E-state index in [9.17, 15) is 0 Å². The normalized spacial score (nSPS) is 42.0. The van der Waals surface area contributed by atoms with Crippen molar-refractivity contribution in [3.8, 4) is 0 Å². The molecule has 0 aromatic heterocycles. The fourth-order valence-electron chi connectivity index (χ4n) is 16.5. The van der Waals surface area contributed by atoms with Crippen molar-refractivity contribution in [3.05, 3.63) is 131 Å². The Labute approximate surface area is 302 Å². The Bertz CT molecular complexity index is 1810. The van der Waals surface area contributed by atoms with Crippen molar-refractivity contribution in [1.82, 2.24) is 0 Å². The fraction of sp³-hybridized carbons (Fsp3) is 0.480. The summed E-state index contributed by atoms with van der Waals surface area (Å²) >= 11 is 0. The van der Waals surface area contributed by atoms with E-state index in [-0.39, 0.29) is 21.7 Å². The third kappa shape index (κ3) is 4.55. The van der Waals surface area contributed by atoms with Gasteiger partial charge < -0.3 is 0 Å². The second-order valence-corrected chi connectivity index (χ2v) is 20.6. The van der Waals surface area contributed by atoms with Gasteiger partial charge in [0.1, 0.15) is 0 Å². The molecule has 8 bridgehead atoms. The predicted molar refractivity (Wildman–Crippen MR) is 214 cm³/mol. The Morgan fingerprint density at radius 1 is 0.400 bits per heavy atom. The highest BCUT2D eigenvalue weighted by atomic mass is 14.7. The summed E-state index contributed by atoms with van der Waals surface area (Å²) in [4.78, 5) is 0. The van der Waals surface area contributed by atoms with Crippen LogP contribution in [-0.2, 0) is 21.7 Å². The molecule has 0 amide bonds. The van der Waals surface area contributed by atoms with Gasteiger partial charge in [0.15, 0.2) is 0 Å². The maximum atomic E-state index is 4.32. The molecule has 8 saturated carbocycles. The highest BCUT2D eigenvalue weighted by molar-refractivity contribution is 5.63. The van der Waals surface area contributed by atoms with Crippen LogP contribution in [0.4, 0.5) is 0 Å². The second-order valence-electron chi connectivity index (χ2n) is 20.6. The van der Waals surface area contributed by atoms with Crippen LogP contribution in [0.5, 0.6) is 0 Å². The molecule has 8 fully saturated rings. The average molecular weight is 659 g/mol. The third-order valence-electron chi connectivity index (χ3n) is 15.5. The fourth-order valence-corrected chi connectivity index (χ4v) is 16.5. The number of hydrogen-bond donors (Lipinski definition) is 0. The summed E-state index contributed by atoms with van der Waals surface area (Å²) in [6.07, 6.45) is 23.9. The first-order valence-corrected chi connectivity index (χ1v) is 19.6. The van der Waals surface area contributed by atoms with E-state index in [0.29, 0.717) is 21.7 Å². The Balaban J connectivity index is 1.17. The first-order valence-electron chi connectivity index (χ1n) is 19.6. The van der Waals surface area contributed by atoms with Crippen LogP contribution in [-0.4, -0.2) is 0 Å². The van der Waals surface area contributed by atoms with E-state index in [2.05, 4.69) is 127 Å². The highest BCUT2D eigenvalue weighted by Crippen LogP contribution is 2.76. The third-order valence-corrected chi connectivity index (χ3v) is 15.5. The number of hydrogen-bond acceptors (Lipinski definition) is 0. The molecular formula is C50H58. The average Bonchev–Trinajstić information content (AvgIpc) is 3.04. The molecule has 4 unspecified atom stereocenters. The van der Waals surface area contributed by atoms with E-state index in [0.717, 1.165) is 0 Å². The Morgan fingerprint density at radius 2 is 0.760 bits per heavy atom. The molecule has 0 N–H and O–H groups in total. The van der Waals surface area contributed by atoms with Crippen LogP contribution in [0.15, 0.2) is 87.0 Å². The Morgan fingerprint density at radius 3 is 1.10 bits per heavy atom. The summed E-state index contributed by atoms with van der Waals surface area (Å²) in [5, 5.41) is 0. The van der Waals surface area contributed by atoms with Gasteiger partial charge in [-0.25, -0.2) is 0 Å². The van der Waals surface area contributed by atoms with E-state index in [1.165, 1.54) is 99.3 Å². The van der Waals surface area contributed by atoms with Crippen LogP contribution >= 0.6 is 0 Å². The molecule has 4 atom stereocenters. The van der Waals surface area contributed by atoms with Gasteiger partial charge in [-0.15, -0.1) is 0 Å². The summed E-state index contributed by atoms with van der Waals surface area (Å²) in [5.41, 5.74) is 13.5. The zero-order valence-electron chi connectivity index (χ0n) is 31.4. The lowest BCUT2D eigenvalue weighted by molar-refractivity contribution is -0.128. The van der Waals surface area contributed by atoms with Gasteiger partial charge in [0.2, 0.25) is 0 Å². The summed E-state index contributed by atoms with van der Waals surface area (Å²) in [6.45, 7) is 27.4. The monoisotopic (exact) mass is 658 g/mol. The lowest BCUT2D eigenvalue weighted by Gasteiger charge is -2.71. The van der Waals surface area contributed by atoms with Gasteiger partial charge in [-0.3, -0.25) is 0 Å². The molecule has 258 valence electrons. The lowest BCUT2D eigenvalue weighted by Crippen LogP contribution is -2.63. The van der Waals surface area contributed by atoms with Crippen LogP contribution in [0.25, 0.3) is 24.3 Å². The maximum Gasteiger partial charge on any atom is -0.00222 e. The van der Waals surface area contributed by atoms with Gasteiger partial charge in [0.05, 0.1) is 0 Å². The van der Waals surface area contributed by atoms with Gasteiger partial charge in [-0.2, -0.15) is 0 Å². The molecule has 0 heteroatoms. The summed E-state index contributed by atoms with van der Waals surface area (Å²) in [7, 11) is 0. The zero-order chi connectivity index (χ0) is 35.0. The van der Waals surface area contributed by atoms with Crippen molar-refractivity contribution in [2.24, 2.45) is 21.7 Å². The molecule has 0 saturated heterocycles. The lowest BCUT2D eigenvalue weighted by atomic mass is 9.33. The van der Waals surface area contributed by atoms with Crippen molar-refractivity contribution >= 4 is 24.3 Å². The molecule has 0 nitrogen and oxygen atoms in total. The van der Waals surface area contributed by atoms with E-state index in [4.69, 9.17) is 0 Å². The van der Waals surface area contributed by atoms with E-state index in [1.54, 1.807) is 22.3 Å². The summed E-state index contributed by atoms with van der Waals surface area (Å²) < 4.78 is 0. The summed E-state index contributed by atoms with van der Waals surface area (Å²) in [5.74, 6) is 0. The van der Waals surface area contributed by atoms with Crippen LogP contribution in [0.1, 0.15) is 149 Å². The van der Waals surface area contributed by atoms with Gasteiger partial charge in [0, 0.05) is 0 Å². The first-order chi connectivity index (χ1) is 23.7. The zero-order valence-corrected chi connectivity index (χ0v) is 31.4. The van der Waals surface area contributed by atoms with Crippen LogP contribution in [0.2, 0.25) is 0 Å². The van der Waals surface area contributed by atoms with E-state index in [1.807, 2.05) is 12.2 Å². The van der Waals surface area contributed by atoms with Crippen molar-refractivity contribution in [3.63, 3.8) is 0 Å². The molecule has 8 aliphatic rings. The van der Waals surface area contributed by atoms with Crippen LogP contribution in [0.3, 0.4) is 0 Å². The van der Waals surface area contributed by atoms with Gasteiger partial charge in [-0.1, -0.05) is 127 Å². The highest BCUT2D eigenvalue weighted by Gasteiger charge is 2.68. The van der Waals surface area contributed by atoms with E-state index >= 15 is 0 Å². The van der Waals surface area contributed by atoms with Crippen LogP contribution in [0, 0.1) is 21.7 Å². The minimum absolute atomic E-state index is 0.182. The van der Waals surface area contributed by atoms with Crippen molar-refractivity contribution in [2.45, 2.75) is 126 Å². The Kier molecular flexibility index (Phi) is 6.60. The molecule has 8 aliphatic carbocycles. The molecule has 0 radical (unpaired) electrons. The quantitative estimate of drug-likeness (QED) is 0.226.